The van der Waals surface area contributed by atoms with Crippen molar-refractivity contribution in [3.63, 3.8) is 0 Å². The maximum Gasteiger partial charge on any atom is 0.227 e. The first-order valence-electron chi connectivity index (χ1n) is 10.9. The summed E-state index contributed by atoms with van der Waals surface area (Å²) in [4.78, 5) is 24.3. The highest BCUT2D eigenvalue weighted by Crippen LogP contribution is 2.27. The van der Waals surface area contributed by atoms with Crippen LogP contribution in [0.15, 0.2) is 67.4 Å². The molecule has 1 saturated heterocycles. The van der Waals surface area contributed by atoms with Crippen molar-refractivity contribution in [3.8, 4) is 17.3 Å². The summed E-state index contributed by atoms with van der Waals surface area (Å²) in [5.74, 6) is 2.08. The molecule has 168 valence electrons. The first-order valence-corrected chi connectivity index (χ1v) is 10.9. The van der Waals surface area contributed by atoms with Crippen LogP contribution < -0.4 is 10.2 Å². The molecular weight excluding hydrogens is 426 g/mol. The second-order valence-corrected chi connectivity index (χ2v) is 8.16. The van der Waals surface area contributed by atoms with E-state index < -0.39 is 0 Å². The molecule has 34 heavy (non-hydrogen) atoms. The fourth-order valence-electron chi connectivity index (χ4n) is 3.88. The molecule has 9 nitrogen and oxygen atoms in total. The number of pyridine rings is 2. The van der Waals surface area contributed by atoms with E-state index in [2.05, 4.69) is 47.8 Å². The summed E-state index contributed by atoms with van der Waals surface area (Å²) in [6.07, 6.45) is 9.82. The number of aryl methyl sites for hydroxylation is 1. The van der Waals surface area contributed by atoms with Gasteiger partial charge < -0.3 is 14.8 Å². The van der Waals surface area contributed by atoms with Gasteiger partial charge in [-0.1, -0.05) is 12.2 Å². The van der Waals surface area contributed by atoms with Crippen LogP contribution in [0.1, 0.15) is 23.5 Å². The van der Waals surface area contributed by atoms with Gasteiger partial charge in [-0.3, -0.25) is 4.98 Å². The predicted octanol–water partition coefficient (Wildman–Crippen LogP) is 3.87. The van der Waals surface area contributed by atoms with E-state index in [1.54, 1.807) is 30.9 Å². The third-order valence-electron chi connectivity index (χ3n) is 5.72. The normalized spacial score (nSPS) is 13.2. The first kappa shape index (κ1) is 21.3. The highest BCUT2D eigenvalue weighted by atomic mass is 15.2. The summed E-state index contributed by atoms with van der Waals surface area (Å²) in [5, 5.41) is 12.9. The molecular formula is C25H23N9. The van der Waals surface area contributed by atoms with Crippen molar-refractivity contribution < 1.29 is 0 Å². The Labute approximate surface area is 197 Å². The number of rotatable bonds is 6. The van der Waals surface area contributed by atoms with Gasteiger partial charge in [0.2, 0.25) is 5.95 Å². The molecule has 0 unspecified atom stereocenters. The number of hydrogen-bond acceptors (Lipinski definition) is 8. The van der Waals surface area contributed by atoms with Gasteiger partial charge in [0.05, 0.1) is 35.4 Å². The number of imidazole rings is 1. The zero-order valence-corrected chi connectivity index (χ0v) is 18.8. The van der Waals surface area contributed by atoms with Gasteiger partial charge in [-0.2, -0.15) is 5.26 Å². The van der Waals surface area contributed by atoms with Crippen molar-refractivity contribution in [2.45, 2.75) is 19.9 Å². The molecule has 0 radical (unpaired) electrons. The fourth-order valence-corrected chi connectivity index (χ4v) is 3.88. The highest BCUT2D eigenvalue weighted by Gasteiger charge is 2.20. The average Bonchev–Trinajstić information content (AvgIpc) is 3.48. The zero-order chi connectivity index (χ0) is 23.5. The molecule has 1 fully saturated rings. The summed E-state index contributed by atoms with van der Waals surface area (Å²) in [5.41, 5.74) is 4.82. The molecule has 0 atom stereocenters. The Balaban J connectivity index is 1.32. The molecule has 0 spiro atoms. The van der Waals surface area contributed by atoms with Crippen LogP contribution in [0, 0.1) is 18.3 Å². The topological polar surface area (TPSA) is 108 Å². The third-order valence-corrected chi connectivity index (χ3v) is 5.72. The number of nitriles is 1. The molecule has 0 amide bonds. The molecule has 4 aromatic rings. The van der Waals surface area contributed by atoms with E-state index in [4.69, 9.17) is 0 Å². The smallest absolute Gasteiger partial charge is 0.227 e. The predicted molar refractivity (Wildman–Crippen MR) is 130 cm³/mol. The van der Waals surface area contributed by atoms with Gasteiger partial charge in [0.25, 0.3) is 0 Å². The lowest BCUT2D eigenvalue weighted by Gasteiger charge is -2.17. The number of nitrogens with zero attached hydrogens (tertiary/aromatic N) is 8. The minimum Gasteiger partial charge on any atom is -0.351 e. The molecule has 4 aromatic heterocycles. The Kier molecular flexibility index (Phi) is 5.70. The summed E-state index contributed by atoms with van der Waals surface area (Å²) in [7, 11) is 0. The molecule has 1 aliphatic rings. The van der Waals surface area contributed by atoms with Crippen molar-refractivity contribution >= 4 is 17.5 Å². The lowest BCUT2D eigenvalue weighted by molar-refractivity contribution is 0.742. The Morgan fingerprint density at radius 1 is 1.12 bits per heavy atom. The molecule has 5 heterocycles. The molecule has 9 heteroatoms. The van der Waals surface area contributed by atoms with Crippen molar-refractivity contribution in [2.75, 3.05) is 23.3 Å². The quantitative estimate of drug-likeness (QED) is 0.442. The van der Waals surface area contributed by atoms with Crippen LogP contribution in [0.4, 0.5) is 17.5 Å². The van der Waals surface area contributed by atoms with Gasteiger partial charge in [-0.05, 0) is 37.6 Å². The second-order valence-electron chi connectivity index (χ2n) is 8.16. The molecule has 0 aromatic carbocycles. The van der Waals surface area contributed by atoms with Crippen molar-refractivity contribution in [1.82, 2.24) is 29.5 Å². The van der Waals surface area contributed by atoms with Crippen LogP contribution in [0.5, 0.6) is 0 Å². The maximum absolute atomic E-state index is 9.69. The first-order chi connectivity index (χ1) is 16.6. The second kappa shape index (κ2) is 9.11. The summed E-state index contributed by atoms with van der Waals surface area (Å²) >= 11 is 0. The molecule has 5 rings (SSSR count). The molecule has 0 bridgehead atoms. The van der Waals surface area contributed by atoms with E-state index in [0.29, 0.717) is 29.6 Å². The van der Waals surface area contributed by atoms with Crippen LogP contribution >= 0.6 is 0 Å². The number of aromatic nitrogens is 6. The fraction of sp³-hybridized carbons (Fsp3) is 0.200. The van der Waals surface area contributed by atoms with E-state index in [0.717, 1.165) is 47.9 Å². The van der Waals surface area contributed by atoms with Gasteiger partial charge in [-0.15, -0.1) is 0 Å². The van der Waals surface area contributed by atoms with E-state index in [1.165, 1.54) is 0 Å². The van der Waals surface area contributed by atoms with Crippen molar-refractivity contribution in [3.05, 3.63) is 84.5 Å². The number of hydrogen-bond donors (Lipinski definition) is 1. The van der Waals surface area contributed by atoms with E-state index in [9.17, 15) is 5.26 Å². The summed E-state index contributed by atoms with van der Waals surface area (Å²) in [6.45, 7) is 8.22. The summed E-state index contributed by atoms with van der Waals surface area (Å²) < 4.78 is 2.04. The van der Waals surface area contributed by atoms with Gasteiger partial charge in [-0.25, -0.2) is 19.9 Å². The average molecular weight is 450 g/mol. The molecule has 1 N–H and O–H groups in total. The molecule has 0 saturated carbocycles. The minimum atomic E-state index is 0.441. The Hall–Kier alpha value is -4.58. The van der Waals surface area contributed by atoms with Crippen molar-refractivity contribution in [1.29, 1.82) is 5.26 Å². The summed E-state index contributed by atoms with van der Waals surface area (Å²) in [6, 6.07) is 9.80. The van der Waals surface area contributed by atoms with Crippen LogP contribution in [0.25, 0.3) is 11.3 Å². The maximum atomic E-state index is 9.69. The van der Waals surface area contributed by atoms with E-state index >= 15 is 0 Å². The molecule has 1 aliphatic heterocycles. The van der Waals surface area contributed by atoms with Gasteiger partial charge in [0, 0.05) is 43.4 Å². The van der Waals surface area contributed by atoms with Crippen LogP contribution in [0.2, 0.25) is 0 Å². The van der Waals surface area contributed by atoms with E-state index in [1.807, 2.05) is 35.9 Å². The van der Waals surface area contributed by atoms with Gasteiger partial charge >= 0.3 is 0 Å². The highest BCUT2D eigenvalue weighted by molar-refractivity contribution is 5.67. The minimum absolute atomic E-state index is 0.441. The standard InChI is InChI=1S/C25H23N9/c1-17-6-9-34(15-17)24-19(12-26)11-20(13-30-24)23-5-7-28-25(32-23)31-21-3-4-22(29-14-21)16-33-10-8-27-18(33)2/h3-5,7-8,10-11,13-14H,1,6,9,15-16H2,2H3,(H,28,31,32). The van der Waals surface area contributed by atoms with E-state index in [-0.39, 0.29) is 0 Å². The van der Waals surface area contributed by atoms with Crippen LogP contribution in [-0.2, 0) is 6.54 Å². The zero-order valence-electron chi connectivity index (χ0n) is 18.8. The van der Waals surface area contributed by atoms with Crippen LogP contribution in [0.3, 0.4) is 0 Å². The SMILES string of the molecule is C=C1CCN(c2ncc(-c3ccnc(Nc4ccc(Cn5ccnc5C)nc4)n3)cc2C#N)C1. The lowest BCUT2D eigenvalue weighted by atomic mass is 10.1. The van der Waals surface area contributed by atoms with Crippen LogP contribution in [-0.4, -0.2) is 42.6 Å². The van der Waals surface area contributed by atoms with Gasteiger partial charge in [0.1, 0.15) is 17.7 Å². The number of anilines is 3. The van der Waals surface area contributed by atoms with Crippen molar-refractivity contribution in [2.24, 2.45) is 0 Å². The van der Waals surface area contributed by atoms with Gasteiger partial charge in [0.15, 0.2) is 0 Å². The monoisotopic (exact) mass is 449 g/mol. The Morgan fingerprint density at radius 3 is 2.74 bits per heavy atom. The third kappa shape index (κ3) is 4.47. The largest absolute Gasteiger partial charge is 0.351 e. The Bertz CT molecular complexity index is 1380. The number of nitrogens with one attached hydrogen (secondary N) is 1. The lowest BCUT2D eigenvalue weighted by Crippen LogP contribution is -2.20. The molecule has 0 aliphatic carbocycles. The Morgan fingerprint density at radius 2 is 2.03 bits per heavy atom.